The van der Waals surface area contributed by atoms with Crippen molar-refractivity contribution in [3.8, 4) is 0 Å². The Balaban J connectivity index is 1.92. The van der Waals surface area contributed by atoms with Crippen LogP contribution in [-0.4, -0.2) is 74.1 Å². The van der Waals surface area contributed by atoms with Crippen molar-refractivity contribution >= 4 is 22.0 Å². The van der Waals surface area contributed by atoms with Crippen LogP contribution < -0.4 is 0 Å². The quantitative estimate of drug-likeness (QED) is 0.666. The molecule has 0 spiro atoms. The van der Waals surface area contributed by atoms with Crippen LogP contribution in [0.15, 0.2) is 0 Å². The lowest BCUT2D eigenvalue weighted by atomic mass is 10.0. The predicted molar refractivity (Wildman–Crippen MR) is 75.1 cm³/mol. The number of carbonyl (C=O) groups is 2. The van der Waals surface area contributed by atoms with Gasteiger partial charge in [0.2, 0.25) is 5.91 Å². The summed E-state index contributed by atoms with van der Waals surface area (Å²) in [6, 6.07) is -0.389. The van der Waals surface area contributed by atoms with Gasteiger partial charge in [0.15, 0.2) is 9.84 Å². The summed E-state index contributed by atoms with van der Waals surface area (Å²) in [5, 5.41) is 0. The van der Waals surface area contributed by atoms with Gasteiger partial charge < -0.3 is 9.69 Å². The summed E-state index contributed by atoms with van der Waals surface area (Å²) in [4.78, 5) is 26.7. The highest BCUT2D eigenvalue weighted by Crippen LogP contribution is 2.19. The molecule has 2 unspecified atom stereocenters. The molecule has 0 saturated carbocycles. The van der Waals surface area contributed by atoms with Gasteiger partial charge in [0.1, 0.15) is 6.29 Å². The zero-order valence-electron chi connectivity index (χ0n) is 11.8. The van der Waals surface area contributed by atoms with Crippen molar-refractivity contribution in [1.82, 2.24) is 9.80 Å². The number of aldehydes is 1. The summed E-state index contributed by atoms with van der Waals surface area (Å²) in [7, 11) is -1.33. The van der Waals surface area contributed by atoms with E-state index in [1.807, 2.05) is 4.90 Å². The van der Waals surface area contributed by atoms with Crippen molar-refractivity contribution in [3.63, 3.8) is 0 Å². The lowest BCUT2D eigenvalue weighted by molar-refractivity contribution is -0.134. The average molecular weight is 302 g/mol. The third kappa shape index (κ3) is 3.58. The summed E-state index contributed by atoms with van der Waals surface area (Å²) in [5.41, 5.74) is 0. The van der Waals surface area contributed by atoms with Crippen LogP contribution in [-0.2, 0) is 19.4 Å². The Morgan fingerprint density at radius 2 is 2.10 bits per heavy atom. The highest BCUT2D eigenvalue weighted by molar-refractivity contribution is 7.91. The Bertz CT molecular complexity index is 477. The lowest BCUT2D eigenvalue weighted by Gasteiger charge is -2.33. The molecule has 114 valence electrons. The molecule has 2 fully saturated rings. The first-order valence-corrected chi connectivity index (χ1v) is 8.90. The average Bonchev–Trinajstić information content (AvgIpc) is 2.78. The summed E-state index contributed by atoms with van der Waals surface area (Å²) in [6.45, 7) is 0.961. The molecule has 2 atom stereocenters. The second-order valence-corrected chi connectivity index (χ2v) is 7.96. The highest BCUT2D eigenvalue weighted by Gasteiger charge is 2.34. The highest BCUT2D eigenvalue weighted by atomic mass is 32.2. The zero-order chi connectivity index (χ0) is 14.8. The SMILES string of the molecule is CN(C(=O)CN1CCCCC1C=O)C1CCS(=O)(=O)C1. The smallest absolute Gasteiger partial charge is 0.236 e. The van der Waals surface area contributed by atoms with Gasteiger partial charge in [-0.25, -0.2) is 8.42 Å². The normalized spacial score (nSPS) is 30.1. The van der Waals surface area contributed by atoms with Gasteiger partial charge in [0, 0.05) is 13.1 Å². The molecule has 0 bridgehead atoms. The molecule has 0 aromatic heterocycles. The molecule has 6 nitrogen and oxygen atoms in total. The van der Waals surface area contributed by atoms with Crippen LogP contribution in [0.3, 0.4) is 0 Å². The summed E-state index contributed by atoms with van der Waals surface area (Å²) < 4.78 is 22.9. The van der Waals surface area contributed by atoms with Crippen LogP contribution in [0.2, 0.25) is 0 Å². The molecule has 2 rings (SSSR count). The molecule has 2 aliphatic heterocycles. The first-order chi connectivity index (χ1) is 9.43. The van der Waals surface area contributed by atoms with Crippen molar-refractivity contribution in [2.24, 2.45) is 0 Å². The van der Waals surface area contributed by atoms with E-state index in [1.54, 1.807) is 11.9 Å². The van der Waals surface area contributed by atoms with Gasteiger partial charge in [0.05, 0.1) is 24.1 Å². The first kappa shape index (κ1) is 15.4. The molecule has 0 N–H and O–H groups in total. The number of hydrogen-bond donors (Lipinski definition) is 0. The molecule has 20 heavy (non-hydrogen) atoms. The molecular formula is C13H22N2O4S. The topological polar surface area (TPSA) is 74.8 Å². The van der Waals surface area contributed by atoms with E-state index in [-0.39, 0.29) is 36.0 Å². The van der Waals surface area contributed by atoms with Gasteiger partial charge in [0.25, 0.3) is 0 Å². The lowest BCUT2D eigenvalue weighted by Crippen LogP contribution is -2.49. The van der Waals surface area contributed by atoms with Gasteiger partial charge >= 0.3 is 0 Å². The minimum Gasteiger partial charge on any atom is -0.341 e. The van der Waals surface area contributed by atoms with E-state index in [1.165, 1.54) is 0 Å². The predicted octanol–water partition coefficient (Wildman–Crippen LogP) is -0.315. The molecule has 0 aliphatic carbocycles. The maximum Gasteiger partial charge on any atom is 0.236 e. The van der Waals surface area contributed by atoms with Crippen LogP contribution in [0.25, 0.3) is 0 Å². The van der Waals surface area contributed by atoms with Crippen LogP contribution in [0, 0.1) is 0 Å². The molecule has 2 saturated heterocycles. The van der Waals surface area contributed by atoms with Gasteiger partial charge in [-0.2, -0.15) is 0 Å². The fourth-order valence-electron chi connectivity index (χ4n) is 2.94. The Morgan fingerprint density at radius 1 is 1.35 bits per heavy atom. The van der Waals surface area contributed by atoms with E-state index in [2.05, 4.69) is 0 Å². The van der Waals surface area contributed by atoms with Crippen LogP contribution in [0.1, 0.15) is 25.7 Å². The van der Waals surface area contributed by atoms with Crippen molar-refractivity contribution in [2.45, 2.75) is 37.8 Å². The summed E-state index contributed by atoms with van der Waals surface area (Å²) >= 11 is 0. The van der Waals surface area contributed by atoms with Gasteiger partial charge in [-0.3, -0.25) is 9.69 Å². The van der Waals surface area contributed by atoms with Crippen molar-refractivity contribution in [1.29, 1.82) is 0 Å². The number of likely N-dealkylation sites (N-methyl/N-ethyl adjacent to an activating group) is 1. The van der Waals surface area contributed by atoms with Crippen LogP contribution in [0.4, 0.5) is 0 Å². The molecule has 1 amide bonds. The number of nitrogens with zero attached hydrogens (tertiary/aromatic N) is 2. The van der Waals surface area contributed by atoms with E-state index in [4.69, 9.17) is 0 Å². The van der Waals surface area contributed by atoms with E-state index in [0.717, 1.165) is 32.1 Å². The number of piperidine rings is 1. The number of likely N-dealkylation sites (tertiary alicyclic amines) is 1. The fourth-order valence-corrected chi connectivity index (χ4v) is 4.71. The number of carbonyl (C=O) groups excluding carboxylic acids is 2. The monoisotopic (exact) mass is 302 g/mol. The standard InChI is InChI=1S/C13H22N2O4S/c1-14(12-5-7-20(18,19)10-12)13(17)8-15-6-3-2-4-11(15)9-16/h9,11-12H,2-8,10H2,1H3. The fraction of sp³-hybridized carbons (Fsp3) is 0.846. The van der Waals surface area contributed by atoms with Crippen molar-refractivity contribution < 1.29 is 18.0 Å². The van der Waals surface area contributed by atoms with E-state index in [9.17, 15) is 18.0 Å². The molecule has 7 heteroatoms. The molecular weight excluding hydrogens is 280 g/mol. The van der Waals surface area contributed by atoms with Gasteiger partial charge in [-0.15, -0.1) is 0 Å². The number of rotatable bonds is 4. The first-order valence-electron chi connectivity index (χ1n) is 7.08. The van der Waals surface area contributed by atoms with E-state index >= 15 is 0 Å². The van der Waals surface area contributed by atoms with Crippen LogP contribution in [0.5, 0.6) is 0 Å². The number of sulfone groups is 1. The molecule has 0 aromatic rings. The summed E-state index contributed by atoms with van der Waals surface area (Å²) in [6.07, 6.45) is 4.25. The maximum atomic E-state index is 12.2. The second kappa shape index (κ2) is 6.22. The minimum atomic E-state index is -2.99. The Labute approximate surface area is 120 Å². The third-order valence-corrected chi connectivity index (χ3v) is 6.06. The van der Waals surface area contributed by atoms with Crippen molar-refractivity contribution in [3.05, 3.63) is 0 Å². The largest absolute Gasteiger partial charge is 0.341 e. The van der Waals surface area contributed by atoms with Gasteiger partial charge in [-0.1, -0.05) is 6.42 Å². The molecule has 0 radical (unpaired) electrons. The Kier molecular flexibility index (Phi) is 4.80. The molecule has 2 aliphatic rings. The van der Waals surface area contributed by atoms with E-state index in [0.29, 0.717) is 6.42 Å². The number of amides is 1. The second-order valence-electron chi connectivity index (χ2n) is 5.73. The van der Waals surface area contributed by atoms with Crippen LogP contribution >= 0.6 is 0 Å². The number of hydrogen-bond acceptors (Lipinski definition) is 5. The Hall–Kier alpha value is -0.950. The third-order valence-electron chi connectivity index (χ3n) is 4.31. The van der Waals surface area contributed by atoms with Crippen molar-refractivity contribution in [2.75, 3.05) is 31.6 Å². The minimum absolute atomic E-state index is 0.0619. The molecule has 0 aromatic carbocycles. The maximum absolute atomic E-state index is 12.2. The summed E-state index contributed by atoms with van der Waals surface area (Å²) in [5.74, 6) is 0.128. The zero-order valence-corrected chi connectivity index (χ0v) is 12.6. The Morgan fingerprint density at radius 3 is 2.70 bits per heavy atom. The molecule has 2 heterocycles. The van der Waals surface area contributed by atoms with E-state index < -0.39 is 9.84 Å². The van der Waals surface area contributed by atoms with Gasteiger partial charge in [-0.05, 0) is 25.8 Å².